The molecule has 0 aliphatic rings. The lowest BCUT2D eigenvalue weighted by Crippen LogP contribution is -2.23. The molecule has 130 valence electrons. The van der Waals surface area contributed by atoms with E-state index in [-0.39, 0.29) is 11.0 Å². The highest BCUT2D eigenvalue weighted by Crippen LogP contribution is 2.30. The first-order chi connectivity index (χ1) is 11.3. The van der Waals surface area contributed by atoms with E-state index in [1.54, 1.807) is 23.1 Å². The molecule has 2 heterocycles. The Morgan fingerprint density at radius 3 is 2.71 bits per heavy atom. The fourth-order valence-corrected chi connectivity index (χ4v) is 4.74. The molecular formula is C18H25N3OS2. The van der Waals surface area contributed by atoms with Gasteiger partial charge in [0.25, 0.3) is 5.56 Å². The van der Waals surface area contributed by atoms with Crippen LogP contribution in [0.3, 0.4) is 0 Å². The molecule has 24 heavy (non-hydrogen) atoms. The zero-order chi connectivity index (χ0) is 17.9. The van der Waals surface area contributed by atoms with Gasteiger partial charge in [-0.15, -0.1) is 11.3 Å². The monoisotopic (exact) mass is 363 g/mol. The van der Waals surface area contributed by atoms with E-state index in [0.717, 1.165) is 50.8 Å². The second-order valence-corrected chi connectivity index (χ2v) is 9.03. The highest BCUT2D eigenvalue weighted by atomic mass is 32.2. The van der Waals surface area contributed by atoms with Crippen LogP contribution in [0.5, 0.6) is 0 Å². The van der Waals surface area contributed by atoms with E-state index >= 15 is 0 Å². The van der Waals surface area contributed by atoms with Crippen molar-refractivity contribution in [3.8, 4) is 6.07 Å². The maximum atomic E-state index is 13.0. The average molecular weight is 364 g/mol. The van der Waals surface area contributed by atoms with Crippen molar-refractivity contribution < 1.29 is 0 Å². The summed E-state index contributed by atoms with van der Waals surface area (Å²) >= 11 is 3.18. The van der Waals surface area contributed by atoms with Gasteiger partial charge in [0.15, 0.2) is 5.16 Å². The Balaban J connectivity index is 2.40. The Labute approximate surface area is 151 Å². The lowest BCUT2D eigenvalue weighted by atomic mass is 9.93. The fraction of sp³-hybridized carbons (Fsp3) is 0.611. The second kappa shape index (κ2) is 7.71. The molecule has 4 nitrogen and oxygen atoms in total. The Kier molecular flexibility index (Phi) is 6.11. The topological polar surface area (TPSA) is 58.7 Å². The van der Waals surface area contributed by atoms with Crippen molar-refractivity contribution in [1.29, 1.82) is 5.26 Å². The van der Waals surface area contributed by atoms with Gasteiger partial charge in [-0.05, 0) is 46.1 Å². The summed E-state index contributed by atoms with van der Waals surface area (Å²) < 4.78 is 1.83. The molecule has 0 spiro atoms. The molecule has 2 aromatic heterocycles. The number of nitriles is 1. The van der Waals surface area contributed by atoms with Crippen LogP contribution < -0.4 is 5.56 Å². The lowest BCUT2D eigenvalue weighted by molar-refractivity contribution is 0.481. The predicted octanol–water partition coefficient (Wildman–Crippen LogP) is 4.91. The second-order valence-electron chi connectivity index (χ2n) is 6.76. The highest BCUT2D eigenvalue weighted by Gasteiger charge is 2.19. The third-order valence-electron chi connectivity index (χ3n) is 4.25. The van der Waals surface area contributed by atoms with Crippen LogP contribution in [0.15, 0.2) is 9.95 Å². The number of rotatable bonds is 7. The van der Waals surface area contributed by atoms with Gasteiger partial charge in [-0.25, -0.2) is 4.98 Å². The van der Waals surface area contributed by atoms with Crippen LogP contribution in [0.2, 0.25) is 0 Å². The molecule has 0 aromatic carbocycles. The fourth-order valence-electron chi connectivity index (χ4n) is 2.39. The number of thioether (sulfide) groups is 1. The molecule has 0 unspecified atom stereocenters. The van der Waals surface area contributed by atoms with E-state index in [2.05, 4.69) is 13.0 Å². The Morgan fingerprint density at radius 2 is 2.08 bits per heavy atom. The maximum absolute atomic E-state index is 13.0. The van der Waals surface area contributed by atoms with Gasteiger partial charge < -0.3 is 0 Å². The van der Waals surface area contributed by atoms with Crippen LogP contribution in [0.4, 0.5) is 0 Å². The first kappa shape index (κ1) is 19.0. The third-order valence-corrected chi connectivity index (χ3v) is 6.33. The van der Waals surface area contributed by atoms with Gasteiger partial charge in [-0.1, -0.05) is 25.1 Å². The molecule has 0 atom stereocenters. The van der Waals surface area contributed by atoms with Crippen molar-refractivity contribution in [2.75, 3.05) is 5.75 Å². The van der Waals surface area contributed by atoms with Gasteiger partial charge in [0.05, 0.1) is 16.9 Å². The van der Waals surface area contributed by atoms with Crippen LogP contribution in [-0.4, -0.2) is 15.3 Å². The number of nitrogens with zero attached hydrogens (tertiary/aromatic N) is 3. The number of hydrogen-bond acceptors (Lipinski definition) is 5. The number of unbranched alkanes of at least 4 members (excludes halogenated alkanes) is 1. The number of hydrogen-bond donors (Lipinski definition) is 0. The molecule has 0 bridgehead atoms. The third kappa shape index (κ3) is 4.01. The lowest BCUT2D eigenvalue weighted by Gasteiger charge is -2.15. The van der Waals surface area contributed by atoms with Gasteiger partial charge in [0.2, 0.25) is 0 Å². The minimum atomic E-state index is -0.345. The van der Waals surface area contributed by atoms with Crippen LogP contribution in [0, 0.1) is 30.6 Å². The van der Waals surface area contributed by atoms with Crippen LogP contribution in [-0.2, 0) is 6.54 Å². The maximum Gasteiger partial charge on any atom is 0.263 e. The first-order valence-corrected chi connectivity index (χ1v) is 10.2. The molecule has 6 heteroatoms. The zero-order valence-electron chi connectivity index (χ0n) is 15.1. The summed E-state index contributed by atoms with van der Waals surface area (Å²) in [5.74, 6) is 0.786. The molecule has 0 radical (unpaired) electrons. The largest absolute Gasteiger partial charge is 0.287 e. The first-order valence-electron chi connectivity index (χ1n) is 8.35. The van der Waals surface area contributed by atoms with Gasteiger partial charge in [-0.2, -0.15) is 5.26 Å². The van der Waals surface area contributed by atoms with Crippen molar-refractivity contribution >= 4 is 33.3 Å². The average Bonchev–Trinajstić information content (AvgIpc) is 2.81. The van der Waals surface area contributed by atoms with Crippen LogP contribution in [0.1, 0.15) is 50.5 Å². The molecular weight excluding hydrogens is 338 g/mol. The molecule has 0 N–H and O–H groups in total. The minimum absolute atomic E-state index is 0.0809. The molecule has 0 aliphatic heterocycles. The summed E-state index contributed by atoms with van der Waals surface area (Å²) in [5.41, 5.74) is 0.791. The van der Waals surface area contributed by atoms with E-state index in [4.69, 9.17) is 10.2 Å². The van der Waals surface area contributed by atoms with E-state index < -0.39 is 0 Å². The summed E-state index contributed by atoms with van der Waals surface area (Å²) in [6.07, 6.45) is 2.78. The molecule has 0 saturated carbocycles. The van der Waals surface area contributed by atoms with Crippen LogP contribution in [0.25, 0.3) is 10.2 Å². The normalized spacial score (nSPS) is 11.8. The smallest absolute Gasteiger partial charge is 0.263 e. The van der Waals surface area contributed by atoms with Crippen LogP contribution >= 0.6 is 23.1 Å². The Bertz CT molecular complexity index is 827. The summed E-state index contributed by atoms with van der Waals surface area (Å²) in [4.78, 5) is 19.7. The standard InChI is InChI=1S/C18H25N3OS2/c1-6-7-9-21-16(22)14-12(2)13(3)24-15(14)20-17(21)23-10-8-18(4,5)11-19/h6-10H2,1-5H3. The van der Waals surface area contributed by atoms with E-state index in [0.29, 0.717) is 6.54 Å². The molecule has 2 rings (SSSR count). The molecule has 2 aromatic rings. The van der Waals surface area contributed by atoms with E-state index in [1.165, 1.54) is 0 Å². The molecule has 0 fully saturated rings. The van der Waals surface area contributed by atoms with Crippen molar-refractivity contribution in [3.05, 3.63) is 20.8 Å². The molecule has 0 aliphatic carbocycles. The van der Waals surface area contributed by atoms with Gasteiger partial charge in [-0.3, -0.25) is 9.36 Å². The quantitative estimate of drug-likeness (QED) is 0.518. The predicted molar refractivity (Wildman–Crippen MR) is 103 cm³/mol. The number of thiophene rings is 1. The van der Waals surface area contributed by atoms with Gasteiger partial charge in [0.1, 0.15) is 4.83 Å². The van der Waals surface area contributed by atoms with E-state index in [1.807, 2.05) is 32.3 Å². The van der Waals surface area contributed by atoms with Gasteiger partial charge >= 0.3 is 0 Å². The molecule has 0 saturated heterocycles. The minimum Gasteiger partial charge on any atom is -0.287 e. The Morgan fingerprint density at radius 1 is 1.38 bits per heavy atom. The van der Waals surface area contributed by atoms with Crippen molar-refractivity contribution in [2.24, 2.45) is 5.41 Å². The van der Waals surface area contributed by atoms with Crippen molar-refractivity contribution in [1.82, 2.24) is 9.55 Å². The van der Waals surface area contributed by atoms with Crippen molar-refractivity contribution in [2.45, 2.75) is 65.6 Å². The Hall–Kier alpha value is -1.32. The molecule has 0 amide bonds. The zero-order valence-corrected chi connectivity index (χ0v) is 16.7. The number of fused-ring (bicyclic) bond motifs is 1. The summed E-state index contributed by atoms with van der Waals surface area (Å²) in [7, 11) is 0. The van der Waals surface area contributed by atoms with Crippen molar-refractivity contribution in [3.63, 3.8) is 0 Å². The van der Waals surface area contributed by atoms with E-state index in [9.17, 15) is 4.79 Å². The number of aromatic nitrogens is 2. The SMILES string of the molecule is CCCCn1c(SCCC(C)(C)C#N)nc2sc(C)c(C)c2c1=O. The highest BCUT2D eigenvalue weighted by molar-refractivity contribution is 7.99. The summed E-state index contributed by atoms with van der Waals surface area (Å²) in [5, 5.41) is 10.7. The van der Waals surface area contributed by atoms with Gasteiger partial charge in [0, 0.05) is 17.2 Å². The summed E-state index contributed by atoms with van der Waals surface area (Å²) in [6, 6.07) is 2.33. The summed E-state index contributed by atoms with van der Waals surface area (Å²) in [6.45, 7) is 10.8. The number of aryl methyl sites for hydroxylation is 2.